The van der Waals surface area contributed by atoms with Crippen molar-refractivity contribution in [2.45, 2.75) is 26.4 Å². The molecule has 0 radical (unpaired) electrons. The lowest BCUT2D eigenvalue weighted by atomic mass is 10.2. The molecule has 0 saturated carbocycles. The molecule has 5 heteroatoms. The van der Waals surface area contributed by atoms with Gasteiger partial charge in [-0.2, -0.15) is 0 Å². The Hall–Kier alpha value is -2.95. The van der Waals surface area contributed by atoms with Crippen LogP contribution in [0.4, 0.5) is 0 Å². The Balaban J connectivity index is 1.87. The highest BCUT2D eigenvalue weighted by Crippen LogP contribution is 2.10. The van der Waals surface area contributed by atoms with Crippen molar-refractivity contribution in [1.82, 2.24) is 14.5 Å². The van der Waals surface area contributed by atoms with E-state index in [2.05, 4.69) is 4.98 Å². The van der Waals surface area contributed by atoms with Crippen LogP contribution in [0.15, 0.2) is 65.6 Å². The van der Waals surface area contributed by atoms with Gasteiger partial charge in [-0.05, 0) is 24.1 Å². The van der Waals surface area contributed by atoms with Crippen molar-refractivity contribution < 1.29 is 4.79 Å². The van der Waals surface area contributed by atoms with Gasteiger partial charge >= 0.3 is 0 Å². The first-order valence-corrected chi connectivity index (χ1v) is 8.45. The summed E-state index contributed by atoms with van der Waals surface area (Å²) in [6.45, 7) is 3.27. The summed E-state index contributed by atoms with van der Waals surface area (Å²) in [4.78, 5) is 31.0. The van der Waals surface area contributed by atoms with Gasteiger partial charge in [0.25, 0.3) is 5.56 Å². The minimum atomic E-state index is -0.261. The first-order chi connectivity index (χ1) is 12.2. The van der Waals surface area contributed by atoms with E-state index in [1.807, 2.05) is 61.5 Å². The number of para-hydroxylation sites is 2. The number of carbonyl (C=O) groups is 1. The van der Waals surface area contributed by atoms with Crippen LogP contribution in [0.1, 0.15) is 18.9 Å². The van der Waals surface area contributed by atoms with Crippen molar-refractivity contribution in [1.29, 1.82) is 0 Å². The molecule has 5 nitrogen and oxygen atoms in total. The molecule has 2 aromatic carbocycles. The van der Waals surface area contributed by atoms with E-state index in [1.54, 1.807) is 4.90 Å². The van der Waals surface area contributed by atoms with E-state index < -0.39 is 0 Å². The van der Waals surface area contributed by atoms with Gasteiger partial charge in [-0.3, -0.25) is 14.2 Å². The lowest BCUT2D eigenvalue weighted by Gasteiger charge is -2.23. The number of benzene rings is 2. The SMILES string of the molecule is CCCN(Cc1ccccc1)C(=O)Cn1c(=O)cnc2ccccc21. The van der Waals surface area contributed by atoms with Crippen molar-refractivity contribution >= 4 is 16.9 Å². The normalized spacial score (nSPS) is 10.8. The highest BCUT2D eigenvalue weighted by atomic mass is 16.2. The second-order valence-corrected chi connectivity index (χ2v) is 5.97. The summed E-state index contributed by atoms with van der Waals surface area (Å²) in [5.41, 5.74) is 2.21. The standard InChI is InChI=1S/C20H21N3O2/c1-2-12-22(14-16-8-4-3-5-9-16)20(25)15-23-18-11-7-6-10-17(18)21-13-19(23)24/h3-11,13H,2,12,14-15H2,1H3. The molecule has 1 amide bonds. The largest absolute Gasteiger partial charge is 0.337 e. The zero-order chi connectivity index (χ0) is 17.6. The minimum absolute atomic E-state index is 0.0225. The monoisotopic (exact) mass is 335 g/mol. The molecular weight excluding hydrogens is 314 g/mol. The van der Waals surface area contributed by atoms with Crippen LogP contribution in [0, 0.1) is 0 Å². The lowest BCUT2D eigenvalue weighted by molar-refractivity contribution is -0.132. The van der Waals surface area contributed by atoms with E-state index in [4.69, 9.17) is 0 Å². The molecule has 3 rings (SSSR count). The molecule has 0 aliphatic rings. The topological polar surface area (TPSA) is 55.2 Å². The molecule has 0 atom stereocenters. The maximum atomic E-state index is 12.8. The third-order valence-corrected chi connectivity index (χ3v) is 4.11. The zero-order valence-corrected chi connectivity index (χ0v) is 14.3. The molecule has 0 aliphatic heterocycles. The van der Waals surface area contributed by atoms with Crippen molar-refractivity contribution in [2.24, 2.45) is 0 Å². The Morgan fingerprint density at radius 2 is 1.80 bits per heavy atom. The molecule has 0 aliphatic carbocycles. The summed E-state index contributed by atoms with van der Waals surface area (Å²) < 4.78 is 1.50. The fourth-order valence-corrected chi connectivity index (χ4v) is 2.88. The van der Waals surface area contributed by atoms with Gasteiger partial charge in [-0.25, -0.2) is 4.98 Å². The number of rotatable bonds is 6. The highest BCUT2D eigenvalue weighted by Gasteiger charge is 2.16. The predicted octanol–water partition coefficient (Wildman–Crippen LogP) is 2.84. The predicted molar refractivity (Wildman–Crippen MR) is 98.2 cm³/mol. The fourth-order valence-electron chi connectivity index (χ4n) is 2.88. The molecule has 0 bridgehead atoms. The maximum Gasteiger partial charge on any atom is 0.269 e. The van der Waals surface area contributed by atoms with Crippen molar-refractivity contribution in [2.75, 3.05) is 6.54 Å². The van der Waals surface area contributed by atoms with Crippen LogP contribution in [0.3, 0.4) is 0 Å². The van der Waals surface area contributed by atoms with Gasteiger partial charge in [0.15, 0.2) is 0 Å². The summed E-state index contributed by atoms with van der Waals surface area (Å²) in [7, 11) is 0. The minimum Gasteiger partial charge on any atom is -0.337 e. The molecule has 1 aromatic heterocycles. The molecule has 0 saturated heterocycles. The van der Waals surface area contributed by atoms with Gasteiger partial charge in [-0.15, -0.1) is 0 Å². The number of hydrogen-bond acceptors (Lipinski definition) is 3. The number of aromatic nitrogens is 2. The molecule has 128 valence electrons. The van der Waals surface area contributed by atoms with Crippen molar-refractivity contribution in [3.05, 3.63) is 76.7 Å². The summed E-state index contributed by atoms with van der Waals surface area (Å²) in [5.74, 6) is -0.0656. The van der Waals surface area contributed by atoms with E-state index in [1.165, 1.54) is 10.8 Å². The van der Waals surface area contributed by atoms with E-state index >= 15 is 0 Å². The second kappa shape index (κ2) is 7.75. The fraction of sp³-hybridized carbons (Fsp3) is 0.250. The van der Waals surface area contributed by atoms with Gasteiger partial charge in [0.2, 0.25) is 5.91 Å². The second-order valence-electron chi connectivity index (χ2n) is 5.97. The van der Waals surface area contributed by atoms with Gasteiger partial charge in [0.05, 0.1) is 17.2 Å². The van der Waals surface area contributed by atoms with Gasteiger partial charge < -0.3 is 4.90 Å². The third-order valence-electron chi connectivity index (χ3n) is 4.11. The summed E-state index contributed by atoms with van der Waals surface area (Å²) in [6.07, 6.45) is 2.14. The van der Waals surface area contributed by atoms with Crippen LogP contribution in [-0.2, 0) is 17.9 Å². The average Bonchev–Trinajstić information content (AvgIpc) is 2.64. The van der Waals surface area contributed by atoms with Gasteiger partial charge in [0, 0.05) is 13.1 Å². The lowest BCUT2D eigenvalue weighted by Crippen LogP contribution is -2.36. The van der Waals surface area contributed by atoms with E-state index in [0.717, 1.165) is 12.0 Å². The van der Waals surface area contributed by atoms with Crippen LogP contribution in [0.25, 0.3) is 11.0 Å². The molecule has 0 unspecified atom stereocenters. The Morgan fingerprint density at radius 1 is 1.08 bits per heavy atom. The summed E-state index contributed by atoms with van der Waals surface area (Å²) in [5, 5.41) is 0. The number of carbonyl (C=O) groups excluding carboxylic acids is 1. The van der Waals surface area contributed by atoms with Crippen LogP contribution < -0.4 is 5.56 Å². The quantitative estimate of drug-likeness (QED) is 0.696. The van der Waals surface area contributed by atoms with Gasteiger partial charge in [0.1, 0.15) is 6.54 Å². The van der Waals surface area contributed by atoms with Crippen LogP contribution >= 0.6 is 0 Å². The Morgan fingerprint density at radius 3 is 2.56 bits per heavy atom. The Kier molecular flexibility index (Phi) is 5.23. The molecular formula is C20H21N3O2. The van der Waals surface area contributed by atoms with Crippen molar-refractivity contribution in [3.8, 4) is 0 Å². The van der Waals surface area contributed by atoms with Gasteiger partial charge in [-0.1, -0.05) is 49.4 Å². The van der Waals surface area contributed by atoms with Crippen LogP contribution in [-0.4, -0.2) is 26.9 Å². The molecule has 3 aromatic rings. The van der Waals surface area contributed by atoms with E-state index in [9.17, 15) is 9.59 Å². The van der Waals surface area contributed by atoms with Crippen LogP contribution in [0.2, 0.25) is 0 Å². The smallest absolute Gasteiger partial charge is 0.269 e. The number of fused-ring (bicyclic) bond motifs is 1. The molecule has 1 heterocycles. The summed E-state index contributed by atoms with van der Waals surface area (Å²) in [6, 6.07) is 17.3. The Labute approximate surface area is 146 Å². The molecule has 25 heavy (non-hydrogen) atoms. The van der Waals surface area contributed by atoms with Crippen LogP contribution in [0.5, 0.6) is 0 Å². The number of amides is 1. The maximum absolute atomic E-state index is 12.8. The van der Waals surface area contributed by atoms with E-state index in [-0.39, 0.29) is 18.0 Å². The number of nitrogens with zero attached hydrogens (tertiary/aromatic N) is 3. The molecule has 0 spiro atoms. The molecule has 0 fully saturated rings. The summed E-state index contributed by atoms with van der Waals surface area (Å²) >= 11 is 0. The average molecular weight is 335 g/mol. The third kappa shape index (κ3) is 3.94. The highest BCUT2D eigenvalue weighted by molar-refractivity contribution is 5.80. The molecule has 0 N–H and O–H groups in total. The first kappa shape index (κ1) is 16.9. The number of hydrogen-bond donors (Lipinski definition) is 0. The first-order valence-electron chi connectivity index (χ1n) is 8.45. The van der Waals surface area contributed by atoms with Crippen molar-refractivity contribution in [3.63, 3.8) is 0 Å². The van der Waals surface area contributed by atoms with E-state index in [0.29, 0.717) is 24.1 Å². The zero-order valence-electron chi connectivity index (χ0n) is 14.3. The Bertz CT molecular complexity index is 919.